The first-order chi connectivity index (χ1) is 16.0. The van der Waals surface area contributed by atoms with Crippen LogP contribution in [0.5, 0.6) is 0 Å². The number of nitrogens with zero attached hydrogens (tertiary/aromatic N) is 2. The highest BCUT2D eigenvalue weighted by atomic mass is 32.2. The number of thiazole rings is 1. The Morgan fingerprint density at radius 3 is 2.48 bits per heavy atom. The third-order valence-electron chi connectivity index (χ3n) is 5.24. The second-order valence-electron chi connectivity index (χ2n) is 7.65. The number of para-hydroxylation sites is 2. The minimum atomic E-state index is -0.212. The molecule has 3 aromatic carbocycles. The molecule has 0 bridgehead atoms. The van der Waals surface area contributed by atoms with Gasteiger partial charge in [0.15, 0.2) is 4.34 Å². The van der Waals surface area contributed by atoms with E-state index in [4.69, 9.17) is 0 Å². The van der Waals surface area contributed by atoms with Crippen LogP contribution in [-0.2, 0) is 17.0 Å². The Bertz CT molecular complexity index is 1240. The maximum atomic E-state index is 12.8. The molecule has 0 fully saturated rings. The van der Waals surface area contributed by atoms with E-state index in [1.165, 1.54) is 9.60 Å². The van der Waals surface area contributed by atoms with Gasteiger partial charge in [0.25, 0.3) is 5.91 Å². The van der Waals surface area contributed by atoms with Crippen molar-refractivity contribution in [2.24, 2.45) is 0 Å². The summed E-state index contributed by atoms with van der Waals surface area (Å²) in [5, 5.41) is 2.91. The lowest BCUT2D eigenvalue weighted by molar-refractivity contribution is -0.116. The molecule has 0 unspecified atom stereocenters. The van der Waals surface area contributed by atoms with E-state index in [1.807, 2.05) is 73.7 Å². The Labute approximate surface area is 201 Å². The monoisotopic (exact) mass is 475 g/mol. The Balaban J connectivity index is 1.31. The number of fused-ring (bicyclic) bond motifs is 1. The number of carbonyl (C=O) groups excluding carboxylic acids is 2. The van der Waals surface area contributed by atoms with Gasteiger partial charge < -0.3 is 10.2 Å². The molecule has 0 aliphatic rings. The van der Waals surface area contributed by atoms with Crippen molar-refractivity contribution in [3.05, 3.63) is 89.5 Å². The average molecular weight is 476 g/mol. The van der Waals surface area contributed by atoms with Crippen LogP contribution in [0.3, 0.4) is 0 Å². The third kappa shape index (κ3) is 5.80. The van der Waals surface area contributed by atoms with Crippen molar-refractivity contribution < 1.29 is 9.59 Å². The molecule has 4 aromatic rings. The van der Waals surface area contributed by atoms with Crippen LogP contribution in [0.15, 0.2) is 77.1 Å². The van der Waals surface area contributed by atoms with E-state index in [0.717, 1.165) is 38.8 Å². The van der Waals surface area contributed by atoms with Gasteiger partial charge >= 0.3 is 0 Å². The van der Waals surface area contributed by atoms with E-state index >= 15 is 0 Å². The lowest BCUT2D eigenvalue weighted by atomic mass is 10.1. The number of anilines is 1. The minimum absolute atomic E-state index is 0.00785. The minimum Gasteiger partial charge on any atom is -0.332 e. The van der Waals surface area contributed by atoms with Crippen molar-refractivity contribution in [3.63, 3.8) is 0 Å². The number of aryl methyl sites for hydroxylation is 1. The zero-order chi connectivity index (χ0) is 23.2. The van der Waals surface area contributed by atoms with Crippen molar-refractivity contribution in [2.45, 2.75) is 23.4 Å². The first-order valence-electron chi connectivity index (χ1n) is 10.7. The number of aromatic nitrogens is 1. The molecule has 4 rings (SSSR count). The Morgan fingerprint density at radius 1 is 1.00 bits per heavy atom. The molecule has 2 amide bonds. The van der Waals surface area contributed by atoms with Gasteiger partial charge in [-0.2, -0.15) is 0 Å². The summed E-state index contributed by atoms with van der Waals surface area (Å²) < 4.78 is 2.22. The third-order valence-corrected chi connectivity index (χ3v) is 7.49. The molecular formula is C26H25N3O2S2. The molecule has 5 nitrogen and oxygen atoms in total. The van der Waals surface area contributed by atoms with Crippen molar-refractivity contribution in [1.82, 2.24) is 9.88 Å². The zero-order valence-corrected chi connectivity index (χ0v) is 20.2. The molecule has 0 atom stereocenters. The molecule has 0 aliphatic carbocycles. The van der Waals surface area contributed by atoms with Crippen LogP contribution in [0.25, 0.3) is 10.2 Å². The van der Waals surface area contributed by atoms with Gasteiger partial charge in [0, 0.05) is 24.1 Å². The summed E-state index contributed by atoms with van der Waals surface area (Å²) in [7, 11) is 1.64. The number of thioether (sulfide) groups is 1. The number of hydrogen-bond donors (Lipinski definition) is 1. The molecule has 1 N–H and O–H groups in total. The highest BCUT2D eigenvalue weighted by molar-refractivity contribution is 8.00. The molecule has 0 spiro atoms. The second kappa shape index (κ2) is 10.6. The van der Waals surface area contributed by atoms with E-state index in [2.05, 4.69) is 16.4 Å². The van der Waals surface area contributed by atoms with E-state index in [0.29, 0.717) is 5.56 Å². The molecule has 0 saturated carbocycles. The molecule has 168 valence electrons. The maximum Gasteiger partial charge on any atom is 0.254 e. The van der Waals surface area contributed by atoms with Crippen molar-refractivity contribution >= 4 is 50.8 Å². The molecular weight excluding hydrogens is 450 g/mol. The summed E-state index contributed by atoms with van der Waals surface area (Å²) in [5.41, 5.74) is 4.57. The highest BCUT2D eigenvalue weighted by Gasteiger charge is 2.16. The van der Waals surface area contributed by atoms with Gasteiger partial charge in [0.1, 0.15) is 0 Å². The van der Waals surface area contributed by atoms with Gasteiger partial charge in [-0.3, -0.25) is 9.59 Å². The molecule has 0 aliphatic heterocycles. The normalized spacial score (nSPS) is 10.8. The van der Waals surface area contributed by atoms with Gasteiger partial charge in [0.05, 0.1) is 16.8 Å². The standard InChI is InChI=1S/C26H25N3O2S2/c1-3-19-8-4-5-9-21(19)27-24(30)16-29(2)25(31)20-14-12-18(13-15-20)17-32-26-28-22-10-6-7-11-23(22)33-26/h4-15H,3,16-17H2,1-2H3,(H,27,30). The van der Waals surface area contributed by atoms with Gasteiger partial charge in [-0.1, -0.05) is 61.2 Å². The fourth-order valence-corrected chi connectivity index (χ4v) is 5.47. The predicted molar refractivity (Wildman–Crippen MR) is 137 cm³/mol. The van der Waals surface area contributed by atoms with Gasteiger partial charge in [0.2, 0.25) is 5.91 Å². The second-order valence-corrected chi connectivity index (χ2v) is 9.91. The number of hydrogen-bond acceptors (Lipinski definition) is 5. The maximum absolute atomic E-state index is 12.8. The number of rotatable bonds is 8. The quantitative estimate of drug-likeness (QED) is 0.324. The first-order valence-corrected chi connectivity index (χ1v) is 12.5. The van der Waals surface area contributed by atoms with Crippen LogP contribution >= 0.6 is 23.1 Å². The molecule has 1 aromatic heterocycles. The van der Waals surface area contributed by atoms with Gasteiger partial charge in [-0.15, -0.1) is 11.3 Å². The van der Waals surface area contributed by atoms with Crippen LogP contribution in [0.1, 0.15) is 28.4 Å². The molecule has 33 heavy (non-hydrogen) atoms. The van der Waals surface area contributed by atoms with Crippen LogP contribution in [0.4, 0.5) is 5.69 Å². The largest absolute Gasteiger partial charge is 0.332 e. The van der Waals surface area contributed by atoms with E-state index in [1.54, 1.807) is 30.1 Å². The number of nitrogens with one attached hydrogen (secondary N) is 1. The van der Waals surface area contributed by atoms with Crippen LogP contribution < -0.4 is 5.32 Å². The predicted octanol–water partition coefficient (Wildman–Crippen LogP) is 5.86. The Hall–Kier alpha value is -3.16. The summed E-state index contributed by atoms with van der Waals surface area (Å²) in [4.78, 5) is 31.3. The zero-order valence-electron chi connectivity index (χ0n) is 18.6. The SMILES string of the molecule is CCc1ccccc1NC(=O)CN(C)C(=O)c1ccc(CSc2nc3ccccc3s2)cc1. The molecule has 0 radical (unpaired) electrons. The average Bonchev–Trinajstić information content (AvgIpc) is 3.26. The Morgan fingerprint density at radius 2 is 1.73 bits per heavy atom. The van der Waals surface area contributed by atoms with Gasteiger partial charge in [-0.25, -0.2) is 4.98 Å². The summed E-state index contributed by atoms with van der Waals surface area (Å²) in [5.74, 6) is 0.388. The number of likely N-dealkylation sites (N-methyl/N-ethyl adjacent to an activating group) is 1. The number of amides is 2. The fourth-order valence-electron chi connectivity index (χ4n) is 3.45. The first kappa shape index (κ1) is 23.0. The van der Waals surface area contributed by atoms with E-state index < -0.39 is 0 Å². The van der Waals surface area contributed by atoms with E-state index in [-0.39, 0.29) is 18.4 Å². The van der Waals surface area contributed by atoms with Crippen molar-refractivity contribution in [2.75, 3.05) is 18.9 Å². The number of carbonyl (C=O) groups is 2. The molecule has 1 heterocycles. The van der Waals surface area contributed by atoms with Gasteiger partial charge in [-0.05, 0) is 47.9 Å². The Kier molecular flexibility index (Phi) is 7.42. The lowest BCUT2D eigenvalue weighted by Crippen LogP contribution is -2.35. The van der Waals surface area contributed by atoms with Crippen LogP contribution in [-0.4, -0.2) is 35.3 Å². The summed E-state index contributed by atoms with van der Waals surface area (Å²) >= 11 is 3.38. The molecule has 0 saturated heterocycles. The van der Waals surface area contributed by atoms with Crippen molar-refractivity contribution in [1.29, 1.82) is 0 Å². The van der Waals surface area contributed by atoms with Crippen LogP contribution in [0, 0.1) is 0 Å². The fraction of sp³-hybridized carbons (Fsp3) is 0.192. The smallest absolute Gasteiger partial charge is 0.254 e. The van der Waals surface area contributed by atoms with Crippen LogP contribution in [0.2, 0.25) is 0 Å². The molecule has 7 heteroatoms. The van der Waals surface area contributed by atoms with Crippen molar-refractivity contribution in [3.8, 4) is 0 Å². The summed E-state index contributed by atoms with van der Waals surface area (Å²) in [6, 6.07) is 23.4. The highest BCUT2D eigenvalue weighted by Crippen LogP contribution is 2.31. The lowest BCUT2D eigenvalue weighted by Gasteiger charge is -2.18. The topological polar surface area (TPSA) is 62.3 Å². The summed E-state index contributed by atoms with van der Waals surface area (Å²) in [6.07, 6.45) is 0.828. The van der Waals surface area contributed by atoms with E-state index in [9.17, 15) is 9.59 Å². The summed E-state index contributed by atoms with van der Waals surface area (Å²) in [6.45, 7) is 2.04. The number of benzene rings is 3.